The number of nitrogens with zero attached hydrogens (tertiary/aromatic N) is 1. The summed E-state index contributed by atoms with van der Waals surface area (Å²) >= 11 is 0. The van der Waals surface area contributed by atoms with Gasteiger partial charge in [-0.05, 0) is 11.0 Å². The number of likely N-dealkylation sites (tertiary alicyclic amines) is 1. The Morgan fingerprint density at radius 2 is 2.00 bits per heavy atom. The topological polar surface area (TPSA) is 40.5 Å². The zero-order valence-corrected chi connectivity index (χ0v) is 11.6. The lowest BCUT2D eigenvalue weighted by molar-refractivity contribution is -0.144. The molecule has 1 aliphatic rings. The molecule has 2 rings (SSSR count). The van der Waals surface area contributed by atoms with Crippen LogP contribution < -0.4 is 0 Å². The molecular formula is C14H20ClNO2. The van der Waals surface area contributed by atoms with Crippen LogP contribution in [0.5, 0.6) is 0 Å². The van der Waals surface area contributed by atoms with Gasteiger partial charge in [-0.2, -0.15) is 0 Å². The Hall–Kier alpha value is -1.06. The maximum Gasteiger partial charge on any atom is 0.308 e. The zero-order chi connectivity index (χ0) is 12.5. The molecule has 1 saturated heterocycles. The van der Waals surface area contributed by atoms with Gasteiger partial charge in [0.1, 0.15) is 0 Å². The van der Waals surface area contributed by atoms with E-state index in [0.717, 1.165) is 13.1 Å². The Bertz CT molecular complexity index is 406. The van der Waals surface area contributed by atoms with E-state index in [4.69, 9.17) is 0 Å². The smallest absolute Gasteiger partial charge is 0.308 e. The van der Waals surface area contributed by atoms with E-state index < -0.39 is 5.97 Å². The molecule has 0 amide bonds. The SMILES string of the molecule is CC1(C)CN(Cc2ccccc2)CC1C(=O)O.Cl. The number of hydrogen-bond acceptors (Lipinski definition) is 2. The third kappa shape index (κ3) is 3.24. The predicted molar refractivity (Wildman–Crippen MR) is 73.9 cm³/mol. The molecule has 0 saturated carbocycles. The van der Waals surface area contributed by atoms with Crippen LogP contribution in [-0.4, -0.2) is 29.1 Å². The van der Waals surface area contributed by atoms with Gasteiger partial charge in [-0.3, -0.25) is 9.69 Å². The van der Waals surface area contributed by atoms with Crippen LogP contribution in [0.15, 0.2) is 30.3 Å². The number of aliphatic carboxylic acids is 1. The molecule has 1 unspecified atom stereocenters. The third-order valence-corrected chi connectivity index (χ3v) is 3.56. The summed E-state index contributed by atoms with van der Waals surface area (Å²) < 4.78 is 0. The summed E-state index contributed by atoms with van der Waals surface area (Å²) in [5.74, 6) is -0.934. The average molecular weight is 270 g/mol. The summed E-state index contributed by atoms with van der Waals surface area (Å²) in [6.07, 6.45) is 0. The summed E-state index contributed by atoms with van der Waals surface area (Å²) in [4.78, 5) is 13.4. The molecule has 1 fully saturated rings. The van der Waals surface area contributed by atoms with Crippen LogP contribution in [0.2, 0.25) is 0 Å². The van der Waals surface area contributed by atoms with Crippen molar-refractivity contribution in [3.05, 3.63) is 35.9 Å². The van der Waals surface area contributed by atoms with Gasteiger partial charge in [-0.1, -0.05) is 44.2 Å². The van der Waals surface area contributed by atoms with Crippen LogP contribution in [-0.2, 0) is 11.3 Å². The van der Waals surface area contributed by atoms with Crippen LogP contribution in [0.3, 0.4) is 0 Å². The number of carboxylic acid groups (broad SMARTS) is 1. The molecule has 0 bridgehead atoms. The van der Waals surface area contributed by atoms with E-state index in [9.17, 15) is 9.90 Å². The van der Waals surface area contributed by atoms with E-state index in [1.165, 1.54) is 5.56 Å². The Morgan fingerprint density at radius 3 is 2.50 bits per heavy atom. The number of benzene rings is 1. The van der Waals surface area contributed by atoms with Gasteiger partial charge in [0.2, 0.25) is 0 Å². The molecule has 4 heteroatoms. The van der Waals surface area contributed by atoms with Crippen LogP contribution in [0.25, 0.3) is 0 Å². The number of rotatable bonds is 3. The molecular weight excluding hydrogens is 250 g/mol. The molecule has 1 heterocycles. The minimum Gasteiger partial charge on any atom is -0.481 e. The van der Waals surface area contributed by atoms with Gasteiger partial charge < -0.3 is 5.11 Å². The van der Waals surface area contributed by atoms with E-state index >= 15 is 0 Å². The molecule has 0 aliphatic carbocycles. The molecule has 100 valence electrons. The van der Waals surface area contributed by atoms with Gasteiger partial charge in [0, 0.05) is 19.6 Å². The number of hydrogen-bond donors (Lipinski definition) is 1. The second-order valence-corrected chi connectivity index (χ2v) is 5.53. The Balaban J connectivity index is 0.00000162. The maximum atomic E-state index is 11.2. The summed E-state index contributed by atoms with van der Waals surface area (Å²) in [5, 5.41) is 9.21. The molecule has 1 atom stereocenters. The molecule has 1 N–H and O–H groups in total. The molecule has 18 heavy (non-hydrogen) atoms. The van der Waals surface area contributed by atoms with E-state index in [1.54, 1.807) is 0 Å². The summed E-state index contributed by atoms with van der Waals surface area (Å²) in [5.41, 5.74) is 1.11. The lowest BCUT2D eigenvalue weighted by atomic mass is 9.82. The second kappa shape index (κ2) is 5.72. The molecule has 0 spiro atoms. The first kappa shape index (κ1) is 15.0. The molecule has 0 aromatic heterocycles. The Morgan fingerprint density at radius 1 is 1.39 bits per heavy atom. The van der Waals surface area contributed by atoms with Crippen molar-refractivity contribution in [3.63, 3.8) is 0 Å². The highest BCUT2D eigenvalue weighted by Gasteiger charge is 2.43. The minimum absolute atomic E-state index is 0. The first-order valence-electron chi connectivity index (χ1n) is 5.98. The van der Waals surface area contributed by atoms with Gasteiger partial charge in [0.15, 0.2) is 0 Å². The Kier molecular flexibility index (Phi) is 4.77. The van der Waals surface area contributed by atoms with E-state index in [0.29, 0.717) is 6.54 Å². The molecule has 0 radical (unpaired) electrons. The minimum atomic E-state index is -0.675. The lowest BCUT2D eigenvalue weighted by Crippen LogP contribution is -2.28. The van der Waals surface area contributed by atoms with Crippen molar-refractivity contribution in [1.29, 1.82) is 0 Å². The highest BCUT2D eigenvalue weighted by atomic mass is 35.5. The number of carbonyl (C=O) groups is 1. The molecule has 3 nitrogen and oxygen atoms in total. The van der Waals surface area contributed by atoms with Crippen molar-refractivity contribution in [2.24, 2.45) is 11.3 Å². The fraction of sp³-hybridized carbons (Fsp3) is 0.500. The third-order valence-electron chi connectivity index (χ3n) is 3.56. The molecule has 1 aromatic rings. The van der Waals surface area contributed by atoms with Gasteiger partial charge in [0.25, 0.3) is 0 Å². The largest absolute Gasteiger partial charge is 0.481 e. The van der Waals surface area contributed by atoms with Crippen LogP contribution in [0, 0.1) is 11.3 Å². The van der Waals surface area contributed by atoms with Crippen molar-refractivity contribution >= 4 is 18.4 Å². The molecule has 1 aromatic carbocycles. The second-order valence-electron chi connectivity index (χ2n) is 5.53. The summed E-state index contributed by atoms with van der Waals surface area (Å²) in [7, 11) is 0. The Labute approximate surface area is 114 Å². The van der Waals surface area contributed by atoms with E-state index in [2.05, 4.69) is 17.0 Å². The van der Waals surface area contributed by atoms with Gasteiger partial charge in [-0.15, -0.1) is 12.4 Å². The van der Waals surface area contributed by atoms with Crippen LogP contribution in [0.4, 0.5) is 0 Å². The van der Waals surface area contributed by atoms with E-state index in [1.807, 2.05) is 32.0 Å². The monoisotopic (exact) mass is 269 g/mol. The summed E-state index contributed by atoms with van der Waals surface area (Å²) in [6.45, 7) is 6.41. The van der Waals surface area contributed by atoms with Crippen molar-refractivity contribution in [2.75, 3.05) is 13.1 Å². The molecule has 1 aliphatic heterocycles. The van der Waals surface area contributed by atoms with Gasteiger partial charge in [-0.25, -0.2) is 0 Å². The average Bonchev–Trinajstić information content (AvgIpc) is 2.55. The van der Waals surface area contributed by atoms with Gasteiger partial charge >= 0.3 is 5.97 Å². The number of halogens is 1. The van der Waals surface area contributed by atoms with Crippen molar-refractivity contribution < 1.29 is 9.90 Å². The normalized spacial score (nSPS) is 22.4. The van der Waals surface area contributed by atoms with Crippen molar-refractivity contribution in [3.8, 4) is 0 Å². The standard InChI is InChI=1S/C14H19NO2.ClH/c1-14(2)10-15(9-12(14)13(16)17)8-11-6-4-3-5-7-11;/h3-7,12H,8-10H2,1-2H3,(H,16,17);1H. The van der Waals surface area contributed by atoms with Crippen molar-refractivity contribution in [2.45, 2.75) is 20.4 Å². The van der Waals surface area contributed by atoms with Crippen molar-refractivity contribution in [1.82, 2.24) is 4.90 Å². The zero-order valence-electron chi connectivity index (χ0n) is 10.8. The quantitative estimate of drug-likeness (QED) is 0.917. The maximum absolute atomic E-state index is 11.2. The van der Waals surface area contributed by atoms with Crippen LogP contribution in [0.1, 0.15) is 19.4 Å². The fourth-order valence-corrected chi connectivity index (χ4v) is 2.63. The highest BCUT2D eigenvalue weighted by molar-refractivity contribution is 5.85. The first-order chi connectivity index (χ1) is 7.99. The van der Waals surface area contributed by atoms with Crippen LogP contribution >= 0.6 is 12.4 Å². The number of carboxylic acids is 1. The predicted octanol–water partition coefficient (Wildman–Crippen LogP) is 2.65. The summed E-state index contributed by atoms with van der Waals surface area (Å²) in [6, 6.07) is 10.2. The highest BCUT2D eigenvalue weighted by Crippen LogP contribution is 2.35. The fourth-order valence-electron chi connectivity index (χ4n) is 2.63. The lowest BCUT2D eigenvalue weighted by Gasteiger charge is -2.22. The van der Waals surface area contributed by atoms with Gasteiger partial charge in [0.05, 0.1) is 5.92 Å². The first-order valence-corrected chi connectivity index (χ1v) is 5.98. The van der Waals surface area contributed by atoms with E-state index in [-0.39, 0.29) is 23.7 Å².